The normalized spacial score (nSPS) is 11.4. The Labute approximate surface area is 201 Å². The van der Waals surface area contributed by atoms with Crippen molar-refractivity contribution >= 4 is 33.4 Å². The molecule has 2 rings (SSSR count). The molecule has 6 nitrogen and oxygen atoms in total. The highest BCUT2D eigenvalue weighted by Crippen LogP contribution is 2.23. The van der Waals surface area contributed by atoms with Gasteiger partial charge in [0.25, 0.3) is 0 Å². The number of aliphatic carboxylic acids is 1. The Balaban J connectivity index is 1.68. The minimum atomic E-state index is -3.69. The Bertz CT molecular complexity index is 1010. The lowest BCUT2D eigenvalue weighted by Crippen LogP contribution is -2.25. The lowest BCUT2D eigenvalue weighted by molar-refractivity contribution is -0.137. The van der Waals surface area contributed by atoms with E-state index < -0.39 is 16.0 Å². The van der Waals surface area contributed by atoms with Crippen LogP contribution in [0.1, 0.15) is 80.1 Å². The molecule has 0 radical (unpaired) electrons. The van der Waals surface area contributed by atoms with Crippen LogP contribution in [0.2, 0.25) is 5.02 Å². The zero-order valence-corrected chi connectivity index (χ0v) is 20.3. The first kappa shape index (κ1) is 27.0. The van der Waals surface area contributed by atoms with Gasteiger partial charge in [-0.2, -0.15) is 0 Å². The summed E-state index contributed by atoms with van der Waals surface area (Å²) in [6.07, 6.45) is 9.05. The van der Waals surface area contributed by atoms with Crippen molar-refractivity contribution in [2.45, 2.75) is 69.1 Å². The van der Waals surface area contributed by atoms with Gasteiger partial charge >= 0.3 is 5.97 Å². The van der Waals surface area contributed by atoms with Gasteiger partial charge in [0, 0.05) is 24.1 Å². The van der Waals surface area contributed by atoms with Gasteiger partial charge < -0.3 is 5.11 Å². The molecule has 2 N–H and O–H groups in total. The monoisotopic (exact) mass is 493 g/mol. The Hall–Kier alpha value is -2.22. The first-order chi connectivity index (χ1) is 15.8. The number of carboxylic acids is 1. The second-order valence-electron chi connectivity index (χ2n) is 8.06. The number of carbonyl (C=O) groups is 2. The zero-order chi connectivity index (χ0) is 24.1. The van der Waals surface area contributed by atoms with Crippen LogP contribution in [-0.2, 0) is 14.8 Å². The maximum Gasteiger partial charge on any atom is 0.303 e. The van der Waals surface area contributed by atoms with E-state index in [1.165, 1.54) is 18.2 Å². The van der Waals surface area contributed by atoms with Gasteiger partial charge in [-0.25, -0.2) is 13.1 Å². The fourth-order valence-corrected chi connectivity index (χ4v) is 4.95. The van der Waals surface area contributed by atoms with Gasteiger partial charge in [-0.05, 0) is 31.0 Å². The molecule has 8 heteroatoms. The third-order valence-corrected chi connectivity index (χ3v) is 7.16. The summed E-state index contributed by atoms with van der Waals surface area (Å²) in [6, 6.07) is 12.9. The molecule has 0 aliphatic rings. The minimum absolute atomic E-state index is 0.0417. The summed E-state index contributed by atoms with van der Waals surface area (Å²) in [5.41, 5.74) is 0.759. The number of benzene rings is 2. The smallest absolute Gasteiger partial charge is 0.303 e. The average molecular weight is 494 g/mol. The van der Waals surface area contributed by atoms with Gasteiger partial charge in [0.05, 0.1) is 9.92 Å². The van der Waals surface area contributed by atoms with Gasteiger partial charge in [-0.1, -0.05) is 86.9 Å². The van der Waals surface area contributed by atoms with Gasteiger partial charge in [-0.15, -0.1) is 0 Å². The van der Waals surface area contributed by atoms with E-state index in [0.29, 0.717) is 12.1 Å². The van der Waals surface area contributed by atoms with E-state index >= 15 is 0 Å². The Morgan fingerprint density at radius 1 is 0.818 bits per heavy atom. The molecule has 2 aromatic rings. The molecule has 0 saturated heterocycles. The molecule has 0 amide bonds. The van der Waals surface area contributed by atoms with Crippen LogP contribution in [0.4, 0.5) is 0 Å². The zero-order valence-electron chi connectivity index (χ0n) is 18.8. The third kappa shape index (κ3) is 9.66. The van der Waals surface area contributed by atoms with Crippen LogP contribution in [0.15, 0.2) is 53.4 Å². The summed E-state index contributed by atoms with van der Waals surface area (Å²) in [5, 5.41) is 8.70. The summed E-state index contributed by atoms with van der Waals surface area (Å²) in [4.78, 5) is 23.1. The van der Waals surface area contributed by atoms with Crippen LogP contribution in [0.3, 0.4) is 0 Å². The van der Waals surface area contributed by atoms with Gasteiger partial charge in [0.2, 0.25) is 10.0 Å². The van der Waals surface area contributed by atoms with Crippen LogP contribution in [-0.4, -0.2) is 31.8 Å². The summed E-state index contributed by atoms with van der Waals surface area (Å²) in [5.74, 6) is -0.985. The number of rotatable bonds is 16. The van der Waals surface area contributed by atoms with Crippen molar-refractivity contribution in [1.29, 1.82) is 0 Å². The van der Waals surface area contributed by atoms with Crippen LogP contribution < -0.4 is 4.72 Å². The number of nitrogens with one attached hydrogen (secondary N) is 1. The highest BCUT2D eigenvalue weighted by atomic mass is 35.5. The Kier molecular flexibility index (Phi) is 11.6. The quantitative estimate of drug-likeness (QED) is 0.226. The molecule has 33 heavy (non-hydrogen) atoms. The van der Waals surface area contributed by atoms with E-state index in [4.69, 9.17) is 16.7 Å². The second kappa shape index (κ2) is 14.1. The van der Waals surface area contributed by atoms with Crippen molar-refractivity contribution in [3.05, 3.63) is 64.7 Å². The van der Waals surface area contributed by atoms with Crippen molar-refractivity contribution in [3.8, 4) is 0 Å². The fraction of sp³-hybridized carbons (Fsp3) is 0.440. The predicted molar refractivity (Wildman–Crippen MR) is 130 cm³/mol. The topological polar surface area (TPSA) is 101 Å². The first-order valence-corrected chi connectivity index (χ1v) is 13.3. The number of carboxylic acid groups (broad SMARTS) is 1. The number of hydrogen-bond donors (Lipinski definition) is 2. The summed E-state index contributed by atoms with van der Waals surface area (Å²) in [6.45, 7) is 0.347. The maximum absolute atomic E-state index is 12.6. The molecule has 0 aliphatic heterocycles. The number of unbranched alkanes of at least 4 members (excludes halogenated alkanes) is 8. The van der Waals surface area contributed by atoms with Crippen LogP contribution in [0, 0.1) is 0 Å². The van der Waals surface area contributed by atoms with Crippen molar-refractivity contribution in [2.24, 2.45) is 0 Å². The van der Waals surface area contributed by atoms with E-state index in [-0.39, 0.29) is 27.7 Å². The number of hydrogen-bond acceptors (Lipinski definition) is 4. The van der Waals surface area contributed by atoms with E-state index in [0.717, 1.165) is 57.8 Å². The molecule has 180 valence electrons. The van der Waals surface area contributed by atoms with Crippen LogP contribution >= 0.6 is 11.6 Å². The summed E-state index contributed by atoms with van der Waals surface area (Å²) < 4.78 is 27.7. The summed E-state index contributed by atoms with van der Waals surface area (Å²) in [7, 11) is -3.69. The largest absolute Gasteiger partial charge is 0.481 e. The number of ketones is 1. The number of sulfonamides is 1. The Morgan fingerprint density at radius 2 is 1.39 bits per heavy atom. The molecule has 0 heterocycles. The van der Waals surface area contributed by atoms with Crippen LogP contribution in [0.5, 0.6) is 0 Å². The van der Waals surface area contributed by atoms with E-state index in [9.17, 15) is 18.0 Å². The van der Waals surface area contributed by atoms with Crippen molar-refractivity contribution in [1.82, 2.24) is 4.72 Å². The molecular formula is C25H32ClNO5S. The molecule has 0 spiro atoms. The van der Waals surface area contributed by atoms with Gasteiger partial charge in [0.15, 0.2) is 5.78 Å². The average Bonchev–Trinajstić information content (AvgIpc) is 2.79. The van der Waals surface area contributed by atoms with Gasteiger partial charge in [-0.3, -0.25) is 9.59 Å². The molecule has 0 bridgehead atoms. The molecule has 0 fully saturated rings. The molecule has 0 unspecified atom stereocenters. The SMILES string of the molecule is O=C(O)CCCCCCCCCCCNS(=O)(=O)c1ccc(C(=O)c2ccccc2)c(Cl)c1. The standard InChI is InChI=1S/C25H32ClNO5S/c26-23-19-21(16-17-22(23)25(30)20-13-9-8-10-14-20)33(31,32)27-18-12-7-5-3-1-2-4-6-11-15-24(28)29/h8-10,13-14,16-17,19,27H,1-7,11-12,15,18H2,(H,28,29). The number of carbonyl (C=O) groups excluding carboxylic acids is 1. The first-order valence-electron chi connectivity index (χ1n) is 11.4. The lowest BCUT2D eigenvalue weighted by Gasteiger charge is -2.09. The van der Waals surface area contributed by atoms with Crippen molar-refractivity contribution < 1.29 is 23.1 Å². The van der Waals surface area contributed by atoms with E-state index in [1.807, 2.05) is 6.07 Å². The second-order valence-corrected chi connectivity index (χ2v) is 10.2. The fourth-order valence-electron chi connectivity index (χ4n) is 3.52. The highest BCUT2D eigenvalue weighted by molar-refractivity contribution is 7.89. The maximum atomic E-state index is 12.6. The lowest BCUT2D eigenvalue weighted by atomic mass is 10.0. The predicted octanol–water partition coefficient (Wildman–Crippen LogP) is 5.83. The Morgan fingerprint density at radius 3 is 1.97 bits per heavy atom. The molecule has 0 atom stereocenters. The molecule has 0 aromatic heterocycles. The number of halogens is 1. The molecule has 0 saturated carbocycles. The van der Waals surface area contributed by atoms with Crippen LogP contribution in [0.25, 0.3) is 0 Å². The van der Waals surface area contributed by atoms with E-state index in [2.05, 4.69) is 4.72 Å². The highest BCUT2D eigenvalue weighted by Gasteiger charge is 2.18. The van der Waals surface area contributed by atoms with Crippen molar-refractivity contribution in [3.63, 3.8) is 0 Å². The summed E-state index contributed by atoms with van der Waals surface area (Å²) >= 11 is 6.23. The minimum Gasteiger partial charge on any atom is -0.481 e. The van der Waals surface area contributed by atoms with E-state index in [1.54, 1.807) is 24.3 Å². The molecule has 0 aliphatic carbocycles. The van der Waals surface area contributed by atoms with Crippen molar-refractivity contribution in [2.75, 3.05) is 6.54 Å². The molecular weight excluding hydrogens is 462 g/mol. The molecule has 2 aromatic carbocycles. The van der Waals surface area contributed by atoms with Gasteiger partial charge in [0.1, 0.15) is 0 Å². The third-order valence-electron chi connectivity index (χ3n) is 5.39.